The monoisotopic (exact) mass is 1880 g/mol. The number of hydrogen-bond acceptors (Lipinski definition) is 27. The van der Waals surface area contributed by atoms with Crippen LogP contribution in [0, 0.1) is 55.4 Å². The Labute approximate surface area is 762 Å². The zero-order chi connectivity index (χ0) is 92.8. The zero-order valence-corrected chi connectivity index (χ0v) is 77.7. The predicted molar refractivity (Wildman–Crippen MR) is 501 cm³/mol. The van der Waals surface area contributed by atoms with Crippen molar-refractivity contribution in [1.82, 2.24) is 59.2 Å². The molecule has 0 saturated heterocycles. The number of hydrogen-bond donors (Lipinski definition) is 2. The molecule has 0 atom stereocenters. The van der Waals surface area contributed by atoms with E-state index in [9.17, 15) is 24.0 Å². The first kappa shape index (κ1) is 91.4. The van der Waals surface area contributed by atoms with Gasteiger partial charge in [0.2, 0.25) is 0 Å². The summed E-state index contributed by atoms with van der Waals surface area (Å²) in [4.78, 5) is 86.9. The summed E-state index contributed by atoms with van der Waals surface area (Å²) in [7, 11) is 11.1. The van der Waals surface area contributed by atoms with E-state index in [0.717, 1.165) is 112 Å². The van der Waals surface area contributed by atoms with Gasteiger partial charge in [-0.3, -0.25) is 39.4 Å². The van der Waals surface area contributed by atoms with Crippen molar-refractivity contribution in [1.29, 1.82) is 0 Å². The number of halogens is 2. The van der Waals surface area contributed by atoms with E-state index in [1.165, 1.54) is 0 Å². The number of nitrogens with two attached hydrogens (primary N) is 1. The molecule has 0 spiro atoms. The number of amides is 1. The van der Waals surface area contributed by atoms with Gasteiger partial charge in [-0.1, -0.05) is 20.6 Å². The Balaban J connectivity index is 0.000000144. The van der Waals surface area contributed by atoms with Crippen molar-refractivity contribution in [2.24, 2.45) is 0 Å². The van der Waals surface area contributed by atoms with Crippen molar-refractivity contribution in [2.45, 2.75) is 108 Å². The summed E-state index contributed by atoms with van der Waals surface area (Å²) < 4.78 is 71.9. The maximum atomic E-state index is 14.1. The second kappa shape index (κ2) is 38.8. The summed E-state index contributed by atoms with van der Waals surface area (Å²) in [6.07, 6.45) is 9.76. The van der Waals surface area contributed by atoms with E-state index < -0.39 is 11.7 Å². The SMILES string of the molecule is COc1cc2c(cc1-c1c(C)noc1C)C=C(Br)C(=O)C2.COc1cc2c(cc1-c1c(C)noc1C)cc(-c1ccc(N)nc1)c(=O)n2Cc1ncccc1OC.COc1cc2c(cc1-c1c(C)noc1C)cc(-c1ccc(NC(=O)OC(C)(C)C)nc1)c(=O)n2Cc1ncccc1OC.COc1cc2c(cc1-c1c(C)noc1C)cc(Br)c(=O)n2Cc1ncccc1OC. The molecule has 0 aliphatic heterocycles. The van der Waals surface area contributed by atoms with Crippen molar-refractivity contribution in [3.8, 4) is 107 Å². The average molecular weight is 1890 g/mol. The number of allylic oxidation sites excluding steroid dienone is 1. The van der Waals surface area contributed by atoms with E-state index >= 15 is 0 Å². The average Bonchev–Trinajstić information content (AvgIpc) is 1.19. The fourth-order valence-electron chi connectivity index (χ4n) is 15.6. The molecule has 0 bridgehead atoms. The van der Waals surface area contributed by atoms with E-state index in [1.807, 2.05) is 140 Å². The molecular weight excluding hydrogens is 1790 g/mol. The fourth-order valence-corrected chi connectivity index (χ4v) is 16.5. The maximum absolute atomic E-state index is 14.1. The molecular formula is C97H92Br2N14O17. The molecule has 666 valence electrons. The topological polar surface area (TPSA) is 381 Å². The van der Waals surface area contributed by atoms with Crippen LogP contribution in [0.5, 0.6) is 40.2 Å². The highest BCUT2D eigenvalue weighted by molar-refractivity contribution is 9.12. The van der Waals surface area contributed by atoms with Gasteiger partial charge in [0.05, 0.1) is 140 Å². The number of aromatic nitrogens is 12. The van der Waals surface area contributed by atoms with Gasteiger partial charge in [0.25, 0.3) is 16.7 Å². The number of carbonyl (C=O) groups is 2. The van der Waals surface area contributed by atoms with Crippen LogP contribution in [-0.4, -0.2) is 126 Å². The van der Waals surface area contributed by atoms with Crippen LogP contribution < -0.4 is 60.9 Å². The quantitative estimate of drug-likeness (QED) is 0.0715. The van der Waals surface area contributed by atoms with Crippen LogP contribution in [0.25, 0.3) is 106 Å². The Kier molecular flexibility index (Phi) is 27.2. The molecule has 12 heterocycles. The van der Waals surface area contributed by atoms with Crippen molar-refractivity contribution in [3.63, 3.8) is 0 Å². The molecule has 0 saturated carbocycles. The van der Waals surface area contributed by atoms with E-state index in [2.05, 4.69) is 82.7 Å². The molecule has 17 rings (SSSR count). The summed E-state index contributed by atoms with van der Waals surface area (Å²) in [6, 6.07) is 38.5. The number of rotatable bonds is 20. The third kappa shape index (κ3) is 19.1. The summed E-state index contributed by atoms with van der Waals surface area (Å²) in [5.41, 5.74) is 22.5. The lowest BCUT2D eigenvalue weighted by atomic mass is 9.91. The summed E-state index contributed by atoms with van der Waals surface area (Å²) in [6.45, 7) is 20.9. The van der Waals surface area contributed by atoms with Crippen LogP contribution in [0.3, 0.4) is 0 Å². The largest absolute Gasteiger partial charge is 0.496 e. The molecule has 31 nitrogen and oxygen atoms in total. The van der Waals surface area contributed by atoms with Gasteiger partial charge < -0.3 is 75.4 Å². The third-order valence-electron chi connectivity index (χ3n) is 21.7. The van der Waals surface area contributed by atoms with Gasteiger partial charge in [-0.25, -0.2) is 14.8 Å². The Morgan fingerprint density at radius 2 is 0.785 bits per heavy atom. The molecule has 0 unspecified atom stereocenters. The lowest BCUT2D eigenvalue weighted by molar-refractivity contribution is -0.114. The first-order valence-electron chi connectivity index (χ1n) is 40.7. The van der Waals surface area contributed by atoms with Gasteiger partial charge in [-0.2, -0.15) is 0 Å². The molecule has 16 aromatic rings. The number of ether oxygens (including phenoxy) is 8. The highest BCUT2D eigenvalue weighted by Gasteiger charge is 2.28. The molecule has 1 amide bonds. The Morgan fingerprint density at radius 3 is 1.13 bits per heavy atom. The first-order chi connectivity index (χ1) is 62.3. The summed E-state index contributed by atoms with van der Waals surface area (Å²) in [5, 5.41) is 21.4. The number of pyridine rings is 8. The van der Waals surface area contributed by atoms with Crippen LogP contribution >= 0.6 is 31.9 Å². The number of nitrogens with zero attached hydrogens (tertiary/aromatic N) is 12. The lowest BCUT2D eigenvalue weighted by Gasteiger charge is -2.19. The van der Waals surface area contributed by atoms with E-state index in [-0.39, 0.29) is 42.1 Å². The van der Waals surface area contributed by atoms with Crippen LogP contribution in [0.15, 0.2) is 200 Å². The lowest BCUT2D eigenvalue weighted by Crippen LogP contribution is -2.27. The van der Waals surface area contributed by atoms with Gasteiger partial charge in [0.15, 0.2) is 5.78 Å². The molecule has 1 aliphatic rings. The number of anilines is 2. The van der Waals surface area contributed by atoms with Crippen molar-refractivity contribution >= 4 is 94.2 Å². The molecule has 1 aliphatic carbocycles. The van der Waals surface area contributed by atoms with Crippen molar-refractivity contribution in [3.05, 3.63) is 272 Å². The number of carbonyl (C=O) groups excluding carboxylic acids is 2. The van der Waals surface area contributed by atoms with Crippen molar-refractivity contribution in [2.75, 3.05) is 60.8 Å². The summed E-state index contributed by atoms with van der Waals surface area (Å²) >= 11 is 6.72. The molecule has 3 N–H and O–H groups in total. The molecule has 130 heavy (non-hydrogen) atoms. The zero-order valence-electron chi connectivity index (χ0n) is 74.6. The smallest absolute Gasteiger partial charge is 0.413 e. The predicted octanol–water partition coefficient (Wildman–Crippen LogP) is 18.8. The molecule has 33 heteroatoms. The number of nitrogen functional groups attached to an aromatic ring is 1. The van der Waals surface area contributed by atoms with Crippen LogP contribution in [-0.2, 0) is 35.6 Å². The molecule has 0 radical (unpaired) electrons. The molecule has 12 aromatic heterocycles. The van der Waals surface area contributed by atoms with Crippen LogP contribution in [0.1, 0.15) is 94.8 Å². The van der Waals surface area contributed by atoms with Gasteiger partial charge in [0.1, 0.15) is 97.6 Å². The Hall–Kier alpha value is -14.9. The minimum absolute atomic E-state index is 0.0784. The molecule has 0 fully saturated rings. The van der Waals surface area contributed by atoms with Gasteiger partial charge in [-0.05, 0) is 245 Å². The minimum Gasteiger partial charge on any atom is -0.496 e. The second-order valence-electron chi connectivity index (χ2n) is 31.2. The normalized spacial score (nSPS) is 11.7. The number of fused-ring (bicyclic) bond motifs is 4. The number of methoxy groups -OCH3 is 7. The van der Waals surface area contributed by atoms with Crippen LogP contribution in [0.2, 0.25) is 0 Å². The third-order valence-corrected chi connectivity index (χ3v) is 22.9. The number of ketones is 1. The van der Waals surface area contributed by atoms with Crippen LogP contribution in [0.4, 0.5) is 16.4 Å². The number of Topliss-reactive ketones (excluding diaryl/α,β-unsaturated/α-hetero) is 1. The van der Waals surface area contributed by atoms with E-state index in [0.29, 0.717) is 129 Å². The van der Waals surface area contributed by atoms with Gasteiger partial charge >= 0.3 is 6.09 Å². The number of nitrogens with one attached hydrogen (secondary N) is 1. The fraction of sp³-hybridized carbons (Fsp3) is 0.237. The first-order valence-corrected chi connectivity index (χ1v) is 42.3. The van der Waals surface area contributed by atoms with Gasteiger partial charge in [-0.15, -0.1) is 0 Å². The maximum Gasteiger partial charge on any atom is 0.413 e. The van der Waals surface area contributed by atoms with E-state index in [1.54, 1.807) is 164 Å². The Bertz CT molecular complexity index is 7190. The minimum atomic E-state index is -0.651. The Morgan fingerprint density at radius 1 is 0.431 bits per heavy atom. The van der Waals surface area contributed by atoms with Crippen molar-refractivity contribution < 1.29 is 65.6 Å². The second-order valence-corrected chi connectivity index (χ2v) is 33.0. The molecule has 4 aromatic carbocycles. The number of aryl methyl sites for hydroxylation is 8. The standard InChI is InChI=1S/C32H33N5O6.C27H25N5O4.C22H20BrN3O4.C16H14BrNO3/c1-18-29(19(2)43-36-18)23-14-21-13-22(20-10-11-28(34-16-20)35-31(39)42-32(3,4)5)30(38)37(25(21)15-27(23)41-7)17-24-26(40-6)9-8-12-33-24;1-15-26(16(2)36-31-15)20-11-18-10-19(17-7-8-25(28)30-13-17)27(33)32(22(18)12-24(20)35-4)14-21-23(34-3)6-5-9-29-21;1-12-21(13(2)30-25-12)15-8-14-9-16(23)22(27)26(18(14)10-20(15)29-4)11-17-19(28-3)6-5-7-24-17;1-8-16(9(2)21-18-8)12-4-10-5-13(17)14(19)6-11(10)7-15(12)20-3/h8-16H,17H2,1-7H3,(H,34,35,39);5-13H,14H2,1-4H3,(H2,28,30);5-10H,11H2,1-4H3;4-5,7H,6H2,1-3H3. The summed E-state index contributed by atoms with van der Waals surface area (Å²) in [5.74, 6) is 7.83. The number of benzene rings is 4. The highest BCUT2D eigenvalue weighted by Crippen LogP contribution is 2.44. The highest BCUT2D eigenvalue weighted by atomic mass is 79.9. The van der Waals surface area contributed by atoms with Gasteiger partial charge in [0, 0.05) is 105 Å². The van der Waals surface area contributed by atoms with E-state index in [4.69, 9.17) is 61.7 Å².